The van der Waals surface area contributed by atoms with Gasteiger partial charge < -0.3 is 4.42 Å². The van der Waals surface area contributed by atoms with Crippen molar-refractivity contribution < 1.29 is 4.42 Å². The van der Waals surface area contributed by atoms with E-state index in [1.165, 1.54) is 0 Å². The Hall–Kier alpha value is -1.24. The molecule has 11 heavy (non-hydrogen) atoms. The summed E-state index contributed by atoms with van der Waals surface area (Å²) in [7, 11) is 0. The maximum Gasteiger partial charge on any atom is 0.133 e. The van der Waals surface area contributed by atoms with E-state index in [1.807, 2.05) is 38.1 Å². The van der Waals surface area contributed by atoms with E-state index in [4.69, 9.17) is 4.42 Å². The summed E-state index contributed by atoms with van der Waals surface area (Å²) in [5.41, 5.74) is 0.848. The average Bonchev–Trinajstić information content (AvgIpc) is 2.26. The normalized spacial score (nSPS) is 13.1. The smallest absolute Gasteiger partial charge is 0.133 e. The van der Waals surface area contributed by atoms with E-state index in [9.17, 15) is 0 Å². The molecule has 1 heteroatoms. The van der Waals surface area contributed by atoms with Crippen molar-refractivity contribution in [1.82, 2.24) is 0 Å². The summed E-state index contributed by atoms with van der Waals surface area (Å²) < 4.78 is 5.35. The molecule has 0 radical (unpaired) electrons. The molecule has 0 aromatic carbocycles. The summed E-state index contributed by atoms with van der Waals surface area (Å²) in [6.45, 7) is 7.72. The summed E-state index contributed by atoms with van der Waals surface area (Å²) >= 11 is 0. The van der Waals surface area contributed by atoms with E-state index >= 15 is 0 Å². The van der Waals surface area contributed by atoms with Crippen molar-refractivity contribution >= 4 is 12.7 Å². The molecule has 0 fully saturated rings. The van der Waals surface area contributed by atoms with Gasteiger partial charge in [-0.1, -0.05) is 18.7 Å². The second kappa shape index (κ2) is 3.24. The Labute approximate surface area is 66.3 Å². The van der Waals surface area contributed by atoms with Crippen LogP contribution in [0.3, 0.4) is 0 Å². The Morgan fingerprint density at radius 3 is 2.73 bits per heavy atom. The highest BCUT2D eigenvalue weighted by molar-refractivity contribution is 5.34. The van der Waals surface area contributed by atoms with E-state index in [2.05, 4.69) is 6.58 Å². The van der Waals surface area contributed by atoms with Gasteiger partial charge in [-0.25, -0.2) is 0 Å². The number of hydrogen-bond donors (Lipinski definition) is 0. The van der Waals surface area contributed by atoms with Crippen LogP contribution in [-0.2, 0) is 0 Å². The van der Waals surface area contributed by atoms with Gasteiger partial charge in [0.2, 0.25) is 0 Å². The summed E-state index contributed by atoms with van der Waals surface area (Å²) in [4.78, 5) is 0. The predicted octanol–water partition coefficient (Wildman–Crippen LogP) is 1.35. The molecule has 0 unspecified atom stereocenters. The van der Waals surface area contributed by atoms with Crippen molar-refractivity contribution in [2.24, 2.45) is 0 Å². The minimum atomic E-state index is 0.848. The molecule has 0 saturated heterocycles. The van der Waals surface area contributed by atoms with Gasteiger partial charge in [-0.05, 0) is 26.0 Å². The summed E-state index contributed by atoms with van der Waals surface area (Å²) in [5.74, 6) is 0.908. The van der Waals surface area contributed by atoms with Gasteiger partial charge in [0.05, 0.1) is 0 Å². The molecule has 0 saturated carbocycles. The largest absolute Gasteiger partial charge is 0.461 e. The highest BCUT2D eigenvalue weighted by Gasteiger charge is 1.88. The SMILES string of the molecule is C=c1cc(C)o/c1=C/C=C\C. The maximum absolute atomic E-state index is 5.35. The van der Waals surface area contributed by atoms with Gasteiger partial charge in [0, 0.05) is 5.22 Å². The second-order valence-electron chi connectivity index (χ2n) is 2.44. The first-order valence-electron chi connectivity index (χ1n) is 3.62. The fourth-order valence-corrected chi connectivity index (χ4v) is 0.910. The lowest BCUT2D eigenvalue weighted by Crippen LogP contribution is -2.16. The third-order valence-electron chi connectivity index (χ3n) is 1.40. The van der Waals surface area contributed by atoms with Gasteiger partial charge in [0.1, 0.15) is 11.2 Å². The van der Waals surface area contributed by atoms with Crippen molar-refractivity contribution in [3.05, 3.63) is 34.6 Å². The Bertz CT molecular complexity index is 355. The molecule has 0 N–H and O–H groups in total. The molecular formula is C10H12O. The number of rotatable bonds is 1. The minimum absolute atomic E-state index is 0.848. The van der Waals surface area contributed by atoms with Crippen LogP contribution in [0.5, 0.6) is 0 Å². The number of furan rings is 1. The molecule has 1 aromatic rings. The first-order chi connectivity index (χ1) is 5.24. The maximum atomic E-state index is 5.35. The first kappa shape index (κ1) is 7.86. The molecule has 1 heterocycles. The molecule has 0 atom stereocenters. The Kier molecular flexibility index (Phi) is 2.32. The zero-order chi connectivity index (χ0) is 8.27. The van der Waals surface area contributed by atoms with Gasteiger partial charge in [-0.15, -0.1) is 0 Å². The lowest BCUT2D eigenvalue weighted by atomic mass is 10.4. The molecule has 0 aliphatic rings. The Morgan fingerprint density at radius 1 is 1.55 bits per heavy atom. The molecule has 0 aliphatic carbocycles. The van der Waals surface area contributed by atoms with Gasteiger partial charge in [0.25, 0.3) is 0 Å². The standard InChI is InChI=1S/C10H12O/c1-4-5-6-10-8(2)7-9(3)11-10/h4-7H,2H2,1,3H3/b5-4-,10-6+. The van der Waals surface area contributed by atoms with Gasteiger partial charge >= 0.3 is 0 Å². The van der Waals surface area contributed by atoms with Crippen LogP contribution in [0.1, 0.15) is 12.7 Å². The monoisotopic (exact) mass is 148 g/mol. The fraction of sp³-hybridized carbons (Fsp3) is 0.200. The molecule has 1 aromatic heterocycles. The van der Waals surface area contributed by atoms with E-state index in [0.29, 0.717) is 0 Å². The third-order valence-corrected chi connectivity index (χ3v) is 1.40. The zero-order valence-electron chi connectivity index (χ0n) is 6.92. The number of hydrogen-bond acceptors (Lipinski definition) is 1. The first-order valence-corrected chi connectivity index (χ1v) is 3.62. The molecule has 58 valence electrons. The molecule has 0 amide bonds. The Balaban J connectivity index is 3.23. The molecular weight excluding hydrogens is 136 g/mol. The Morgan fingerprint density at radius 2 is 2.27 bits per heavy atom. The molecule has 0 spiro atoms. The van der Waals surface area contributed by atoms with Gasteiger partial charge in [0.15, 0.2) is 0 Å². The highest BCUT2D eigenvalue weighted by Crippen LogP contribution is 1.84. The summed E-state index contributed by atoms with van der Waals surface area (Å²) in [6, 6.07) is 1.93. The van der Waals surface area contributed by atoms with Crippen molar-refractivity contribution in [3.8, 4) is 0 Å². The van der Waals surface area contributed by atoms with Gasteiger partial charge in [-0.2, -0.15) is 0 Å². The third kappa shape index (κ3) is 1.84. The van der Waals surface area contributed by atoms with Crippen LogP contribution in [-0.4, -0.2) is 0 Å². The lowest BCUT2D eigenvalue weighted by Gasteiger charge is -1.75. The summed E-state index contributed by atoms with van der Waals surface area (Å²) in [5, 5.41) is 0.945. The van der Waals surface area contributed by atoms with E-state index in [1.54, 1.807) is 0 Å². The van der Waals surface area contributed by atoms with Gasteiger partial charge in [-0.3, -0.25) is 0 Å². The molecule has 0 aliphatic heterocycles. The van der Waals surface area contributed by atoms with Crippen LogP contribution in [0.4, 0.5) is 0 Å². The quantitative estimate of drug-likeness (QED) is 0.586. The van der Waals surface area contributed by atoms with Crippen molar-refractivity contribution in [2.75, 3.05) is 0 Å². The van der Waals surface area contributed by atoms with Crippen LogP contribution >= 0.6 is 0 Å². The van der Waals surface area contributed by atoms with Crippen LogP contribution < -0.4 is 10.6 Å². The predicted molar refractivity (Wildman–Crippen MR) is 47.5 cm³/mol. The van der Waals surface area contributed by atoms with E-state index < -0.39 is 0 Å². The zero-order valence-corrected chi connectivity index (χ0v) is 6.92. The van der Waals surface area contributed by atoms with Crippen LogP contribution in [0.2, 0.25) is 0 Å². The highest BCUT2D eigenvalue weighted by atomic mass is 16.3. The second-order valence-corrected chi connectivity index (χ2v) is 2.44. The molecule has 1 rings (SSSR count). The van der Waals surface area contributed by atoms with E-state index in [-0.39, 0.29) is 0 Å². The minimum Gasteiger partial charge on any atom is -0.461 e. The van der Waals surface area contributed by atoms with Crippen molar-refractivity contribution in [1.29, 1.82) is 0 Å². The van der Waals surface area contributed by atoms with Crippen LogP contribution in [0.25, 0.3) is 12.7 Å². The number of allylic oxidation sites excluding steroid dienone is 2. The lowest BCUT2D eigenvalue weighted by molar-refractivity contribution is 0.501. The molecule has 1 nitrogen and oxygen atoms in total. The fourth-order valence-electron chi connectivity index (χ4n) is 0.910. The topological polar surface area (TPSA) is 13.1 Å². The van der Waals surface area contributed by atoms with Crippen LogP contribution in [0.15, 0.2) is 22.6 Å². The van der Waals surface area contributed by atoms with Crippen molar-refractivity contribution in [3.63, 3.8) is 0 Å². The van der Waals surface area contributed by atoms with Crippen LogP contribution in [0, 0.1) is 6.92 Å². The average molecular weight is 148 g/mol. The number of aryl methyl sites for hydroxylation is 1. The van der Waals surface area contributed by atoms with E-state index in [0.717, 1.165) is 16.4 Å². The van der Waals surface area contributed by atoms with Crippen molar-refractivity contribution in [2.45, 2.75) is 13.8 Å². The summed E-state index contributed by atoms with van der Waals surface area (Å²) in [6.07, 6.45) is 5.81. The molecule has 0 bridgehead atoms.